The van der Waals surface area contributed by atoms with Crippen molar-refractivity contribution in [1.29, 1.82) is 0 Å². The molecule has 1 aliphatic carbocycles. The molecular weight excluding hydrogens is 521 g/mol. The average Bonchev–Trinajstić information content (AvgIpc) is 3.23. The minimum atomic E-state index is -4.44. The maximum Gasteiger partial charge on any atom is 0.416 e. The Morgan fingerprint density at radius 3 is 2.33 bits per heavy atom. The molecule has 0 bridgehead atoms. The molecule has 0 spiro atoms. The molecule has 2 aromatic carbocycles. The zero-order chi connectivity index (χ0) is 28.4. The van der Waals surface area contributed by atoms with Crippen LogP contribution in [0.4, 0.5) is 24.9 Å². The molecule has 40 heavy (non-hydrogen) atoms. The third-order valence-corrected chi connectivity index (χ3v) is 7.55. The van der Waals surface area contributed by atoms with E-state index in [4.69, 9.17) is 0 Å². The maximum atomic E-state index is 13.2. The lowest BCUT2D eigenvalue weighted by Gasteiger charge is -2.32. The smallest absolute Gasteiger partial charge is 0.416 e. The van der Waals surface area contributed by atoms with Crippen LogP contribution in [0, 0.1) is 5.92 Å². The SMILES string of the molecule is CC[C@H](Nc1nc2nc(C(=O)O)nc(N[C@H](C)C3CCC3)c2n1Cc1ccc(C(F)(F)F)cc1)c1ccccc1. The van der Waals surface area contributed by atoms with Crippen LogP contribution in [0.3, 0.4) is 0 Å². The lowest BCUT2D eigenvalue weighted by molar-refractivity contribution is -0.137. The summed E-state index contributed by atoms with van der Waals surface area (Å²) >= 11 is 0. The van der Waals surface area contributed by atoms with Crippen molar-refractivity contribution in [1.82, 2.24) is 19.5 Å². The van der Waals surface area contributed by atoms with Crippen molar-refractivity contribution in [2.75, 3.05) is 10.6 Å². The number of rotatable bonds is 10. The number of nitrogens with one attached hydrogen (secondary N) is 2. The van der Waals surface area contributed by atoms with E-state index in [1.54, 1.807) is 0 Å². The van der Waals surface area contributed by atoms with Gasteiger partial charge in [0.25, 0.3) is 0 Å². The van der Waals surface area contributed by atoms with Crippen LogP contribution < -0.4 is 10.6 Å². The topological polar surface area (TPSA) is 105 Å². The van der Waals surface area contributed by atoms with E-state index in [-0.39, 0.29) is 30.1 Å². The van der Waals surface area contributed by atoms with Gasteiger partial charge in [0.2, 0.25) is 11.8 Å². The quantitative estimate of drug-likeness (QED) is 0.200. The molecule has 1 fully saturated rings. The van der Waals surface area contributed by atoms with Gasteiger partial charge in [-0.2, -0.15) is 18.2 Å². The molecule has 0 unspecified atom stereocenters. The number of aromatic carboxylic acids is 1. The summed E-state index contributed by atoms with van der Waals surface area (Å²) in [6.07, 6.45) is -0.424. The Hall–Kier alpha value is -4.15. The first-order chi connectivity index (χ1) is 19.1. The summed E-state index contributed by atoms with van der Waals surface area (Å²) in [5, 5.41) is 16.6. The zero-order valence-corrected chi connectivity index (χ0v) is 22.2. The molecule has 5 rings (SSSR count). The van der Waals surface area contributed by atoms with E-state index < -0.39 is 17.7 Å². The Balaban J connectivity index is 1.62. The van der Waals surface area contributed by atoms with Crippen LogP contribution >= 0.6 is 0 Å². The summed E-state index contributed by atoms with van der Waals surface area (Å²) < 4.78 is 41.4. The molecule has 0 saturated heterocycles. The minimum absolute atomic E-state index is 0.0343. The van der Waals surface area contributed by atoms with Crippen molar-refractivity contribution in [3.63, 3.8) is 0 Å². The summed E-state index contributed by atoms with van der Waals surface area (Å²) in [5.41, 5.74) is 1.59. The molecule has 3 N–H and O–H groups in total. The largest absolute Gasteiger partial charge is 0.475 e. The van der Waals surface area contributed by atoms with Crippen molar-refractivity contribution < 1.29 is 23.1 Å². The van der Waals surface area contributed by atoms with Gasteiger partial charge in [0.1, 0.15) is 5.52 Å². The molecule has 2 atom stereocenters. The number of anilines is 2. The highest BCUT2D eigenvalue weighted by Gasteiger charge is 2.30. The predicted molar refractivity (Wildman–Crippen MR) is 146 cm³/mol. The number of benzene rings is 2. The van der Waals surface area contributed by atoms with Gasteiger partial charge < -0.3 is 20.3 Å². The molecule has 0 aliphatic heterocycles. The molecule has 8 nitrogen and oxygen atoms in total. The van der Waals surface area contributed by atoms with Crippen LogP contribution in [0.15, 0.2) is 54.6 Å². The van der Waals surface area contributed by atoms with Gasteiger partial charge in [-0.05, 0) is 55.4 Å². The number of halogens is 3. The highest BCUT2D eigenvalue weighted by molar-refractivity contribution is 5.91. The van der Waals surface area contributed by atoms with Gasteiger partial charge in [-0.1, -0.05) is 55.8 Å². The van der Waals surface area contributed by atoms with E-state index >= 15 is 0 Å². The van der Waals surface area contributed by atoms with Crippen molar-refractivity contribution in [2.45, 2.75) is 64.3 Å². The maximum absolute atomic E-state index is 13.2. The normalized spacial score (nSPS) is 15.4. The molecule has 4 aromatic rings. The van der Waals surface area contributed by atoms with Gasteiger partial charge in [0, 0.05) is 6.04 Å². The lowest BCUT2D eigenvalue weighted by Crippen LogP contribution is -2.31. The number of carboxylic acids is 1. The average molecular weight is 553 g/mol. The number of hydrogen-bond donors (Lipinski definition) is 3. The van der Waals surface area contributed by atoms with Crippen molar-refractivity contribution in [3.8, 4) is 0 Å². The van der Waals surface area contributed by atoms with Gasteiger partial charge in [-0.3, -0.25) is 0 Å². The number of carboxylic acid groups (broad SMARTS) is 1. The first kappa shape index (κ1) is 27.4. The number of hydrogen-bond acceptors (Lipinski definition) is 6. The minimum Gasteiger partial charge on any atom is -0.475 e. The predicted octanol–water partition coefficient (Wildman–Crippen LogP) is 6.76. The van der Waals surface area contributed by atoms with E-state index in [9.17, 15) is 23.1 Å². The van der Waals surface area contributed by atoms with E-state index in [1.807, 2.05) is 48.7 Å². The van der Waals surface area contributed by atoms with Crippen molar-refractivity contribution in [3.05, 3.63) is 77.1 Å². The van der Waals surface area contributed by atoms with Crippen LogP contribution in [0.1, 0.15) is 72.9 Å². The van der Waals surface area contributed by atoms with Gasteiger partial charge in [-0.25, -0.2) is 14.8 Å². The third-order valence-electron chi connectivity index (χ3n) is 7.55. The fourth-order valence-electron chi connectivity index (χ4n) is 5.01. The highest BCUT2D eigenvalue weighted by Crippen LogP contribution is 2.34. The first-order valence-corrected chi connectivity index (χ1v) is 13.4. The van der Waals surface area contributed by atoms with Crippen LogP contribution in [-0.2, 0) is 12.7 Å². The molecule has 1 aliphatic rings. The van der Waals surface area contributed by atoms with Gasteiger partial charge >= 0.3 is 12.1 Å². The Morgan fingerprint density at radius 2 is 1.75 bits per heavy atom. The Labute approximate surface area is 229 Å². The standard InChI is InChI=1S/C29H31F3N6O2/c1-3-22(20-8-5-4-6-9-20)34-28-37-25-23(38(28)16-18-12-14-21(15-13-18)29(30,31)32)24(35-26(36-25)27(39)40)33-17(2)19-10-7-11-19/h4-6,8-9,12-15,17,19,22H,3,7,10-11,16H2,1-2H3,(H,39,40)(H2,33,34,35,36,37)/t17-,22+/m1/s1. The van der Waals surface area contributed by atoms with E-state index in [2.05, 4.69) is 25.6 Å². The van der Waals surface area contributed by atoms with Crippen molar-refractivity contribution >= 4 is 28.9 Å². The third kappa shape index (κ3) is 5.73. The summed E-state index contributed by atoms with van der Waals surface area (Å²) in [6.45, 7) is 4.24. The number of nitrogens with zero attached hydrogens (tertiary/aromatic N) is 4. The van der Waals surface area contributed by atoms with E-state index in [0.717, 1.165) is 43.4 Å². The number of imidazole rings is 1. The second kappa shape index (κ2) is 11.1. The molecule has 2 aromatic heterocycles. The van der Waals surface area contributed by atoms with Crippen LogP contribution in [0.2, 0.25) is 0 Å². The number of aromatic nitrogens is 4. The Bertz CT molecular complexity index is 1480. The molecular formula is C29H31F3N6O2. The van der Waals surface area contributed by atoms with E-state index in [1.165, 1.54) is 12.1 Å². The fourth-order valence-corrected chi connectivity index (χ4v) is 5.01. The Morgan fingerprint density at radius 1 is 1.05 bits per heavy atom. The van der Waals surface area contributed by atoms with Gasteiger partial charge in [0.05, 0.1) is 18.2 Å². The summed E-state index contributed by atoms with van der Waals surface area (Å²) in [4.78, 5) is 25.1. The van der Waals surface area contributed by atoms with Crippen LogP contribution in [0.5, 0.6) is 0 Å². The van der Waals surface area contributed by atoms with Gasteiger partial charge in [0.15, 0.2) is 11.5 Å². The second-order valence-corrected chi connectivity index (χ2v) is 10.2. The highest BCUT2D eigenvalue weighted by atomic mass is 19.4. The zero-order valence-electron chi connectivity index (χ0n) is 22.2. The number of fused-ring (bicyclic) bond motifs is 1. The fraction of sp³-hybridized carbons (Fsp3) is 0.379. The van der Waals surface area contributed by atoms with Crippen molar-refractivity contribution in [2.24, 2.45) is 5.92 Å². The van der Waals surface area contributed by atoms with Crippen LogP contribution in [0.25, 0.3) is 11.2 Å². The van der Waals surface area contributed by atoms with E-state index in [0.29, 0.717) is 28.8 Å². The summed E-state index contributed by atoms with van der Waals surface area (Å²) in [7, 11) is 0. The second-order valence-electron chi connectivity index (χ2n) is 10.2. The molecule has 11 heteroatoms. The number of alkyl halides is 3. The molecule has 2 heterocycles. The van der Waals surface area contributed by atoms with Gasteiger partial charge in [-0.15, -0.1) is 0 Å². The summed E-state index contributed by atoms with van der Waals surface area (Å²) in [6, 6.07) is 14.7. The molecule has 1 saturated carbocycles. The molecule has 0 radical (unpaired) electrons. The lowest BCUT2D eigenvalue weighted by atomic mass is 9.80. The van der Waals surface area contributed by atoms with Crippen LogP contribution in [-0.4, -0.2) is 36.6 Å². The molecule has 0 amide bonds. The summed E-state index contributed by atoms with van der Waals surface area (Å²) in [5.74, 6) is -0.464. The molecule has 210 valence electrons. The first-order valence-electron chi connectivity index (χ1n) is 13.4. The monoisotopic (exact) mass is 552 g/mol. The number of carbonyl (C=O) groups is 1. The Kier molecular flexibility index (Phi) is 7.64.